The van der Waals surface area contributed by atoms with Crippen LogP contribution in [0, 0.1) is 20.8 Å². The van der Waals surface area contributed by atoms with Crippen LogP contribution in [0.1, 0.15) is 22.3 Å². The summed E-state index contributed by atoms with van der Waals surface area (Å²) in [6.45, 7) is 10.3. The summed E-state index contributed by atoms with van der Waals surface area (Å²) in [7, 11) is 0. The van der Waals surface area contributed by atoms with E-state index in [4.69, 9.17) is 0 Å². The van der Waals surface area contributed by atoms with Crippen LogP contribution in [0.2, 0.25) is 0 Å². The summed E-state index contributed by atoms with van der Waals surface area (Å²) >= 11 is 0. The van der Waals surface area contributed by atoms with Crippen molar-refractivity contribution in [2.75, 3.05) is 4.90 Å². The third-order valence-electron chi connectivity index (χ3n) is 5.51. The molecule has 0 bridgehead atoms. The van der Waals surface area contributed by atoms with Crippen LogP contribution in [-0.2, 0) is 0 Å². The standard InChI is InChI=1S/C29H27N/c1-5-24-10-12-25(13-11-24)29-19-18-28(20-23(29)4)30(26-14-6-21(2)7-15-26)27-16-8-22(3)9-17-27/h5-20H,1H2,2-4H3. The van der Waals surface area contributed by atoms with Gasteiger partial charge in [-0.25, -0.2) is 0 Å². The maximum atomic E-state index is 3.84. The average molecular weight is 390 g/mol. The third-order valence-corrected chi connectivity index (χ3v) is 5.51. The quantitative estimate of drug-likeness (QED) is 0.331. The monoisotopic (exact) mass is 389 g/mol. The highest BCUT2D eigenvalue weighted by atomic mass is 15.1. The van der Waals surface area contributed by atoms with E-state index in [1.54, 1.807) is 0 Å². The first-order valence-electron chi connectivity index (χ1n) is 10.3. The molecular formula is C29H27N. The van der Waals surface area contributed by atoms with E-state index < -0.39 is 0 Å². The van der Waals surface area contributed by atoms with Gasteiger partial charge >= 0.3 is 0 Å². The molecule has 0 N–H and O–H groups in total. The zero-order valence-corrected chi connectivity index (χ0v) is 17.9. The largest absolute Gasteiger partial charge is 0.310 e. The van der Waals surface area contributed by atoms with Crippen LogP contribution in [0.4, 0.5) is 17.1 Å². The van der Waals surface area contributed by atoms with Crippen LogP contribution in [0.25, 0.3) is 17.2 Å². The Balaban J connectivity index is 1.78. The Morgan fingerprint density at radius 2 is 1.10 bits per heavy atom. The van der Waals surface area contributed by atoms with Crippen molar-refractivity contribution in [1.29, 1.82) is 0 Å². The van der Waals surface area contributed by atoms with Crippen LogP contribution in [0.5, 0.6) is 0 Å². The van der Waals surface area contributed by atoms with E-state index in [1.165, 1.54) is 27.8 Å². The summed E-state index contributed by atoms with van der Waals surface area (Å²) < 4.78 is 0. The first-order valence-corrected chi connectivity index (χ1v) is 10.3. The summed E-state index contributed by atoms with van der Waals surface area (Å²) in [4.78, 5) is 2.32. The summed E-state index contributed by atoms with van der Waals surface area (Å²) in [6, 6.07) is 32.7. The van der Waals surface area contributed by atoms with Gasteiger partial charge < -0.3 is 4.90 Å². The van der Waals surface area contributed by atoms with Crippen molar-refractivity contribution in [3.63, 3.8) is 0 Å². The van der Waals surface area contributed by atoms with Crippen LogP contribution >= 0.6 is 0 Å². The summed E-state index contributed by atoms with van der Waals surface area (Å²) in [5.41, 5.74) is 10.9. The molecule has 0 spiro atoms. The molecule has 0 unspecified atom stereocenters. The van der Waals surface area contributed by atoms with Crippen LogP contribution < -0.4 is 4.90 Å². The predicted octanol–water partition coefficient (Wildman–Crippen LogP) is 8.39. The first kappa shape index (κ1) is 19.7. The number of anilines is 3. The van der Waals surface area contributed by atoms with Gasteiger partial charge in [-0.2, -0.15) is 0 Å². The second-order valence-electron chi connectivity index (χ2n) is 7.83. The van der Waals surface area contributed by atoms with Crippen molar-refractivity contribution in [1.82, 2.24) is 0 Å². The molecule has 0 atom stereocenters. The van der Waals surface area contributed by atoms with Gasteiger partial charge in [-0.15, -0.1) is 0 Å². The molecule has 0 heterocycles. The van der Waals surface area contributed by atoms with Crippen molar-refractivity contribution in [2.24, 2.45) is 0 Å². The SMILES string of the molecule is C=Cc1ccc(-c2ccc(N(c3ccc(C)cc3)c3ccc(C)cc3)cc2C)cc1. The molecule has 1 nitrogen and oxygen atoms in total. The topological polar surface area (TPSA) is 3.24 Å². The molecular weight excluding hydrogens is 362 g/mol. The molecule has 0 saturated carbocycles. The van der Waals surface area contributed by atoms with Crippen LogP contribution in [0.3, 0.4) is 0 Å². The Bertz CT molecular complexity index is 1110. The smallest absolute Gasteiger partial charge is 0.0464 e. The molecule has 0 aromatic heterocycles. The molecule has 0 aliphatic rings. The van der Waals surface area contributed by atoms with Gasteiger partial charge in [-0.05, 0) is 79.4 Å². The molecule has 0 aliphatic carbocycles. The van der Waals surface area contributed by atoms with Gasteiger partial charge in [-0.1, -0.05) is 78.4 Å². The predicted molar refractivity (Wildman–Crippen MR) is 131 cm³/mol. The van der Waals surface area contributed by atoms with E-state index in [-0.39, 0.29) is 0 Å². The number of nitrogens with zero attached hydrogens (tertiary/aromatic N) is 1. The minimum Gasteiger partial charge on any atom is -0.310 e. The lowest BCUT2D eigenvalue weighted by atomic mass is 9.98. The molecule has 148 valence electrons. The minimum absolute atomic E-state index is 1.14. The minimum atomic E-state index is 1.14. The van der Waals surface area contributed by atoms with Crippen molar-refractivity contribution in [2.45, 2.75) is 20.8 Å². The van der Waals surface area contributed by atoms with Crippen molar-refractivity contribution in [3.05, 3.63) is 120 Å². The fourth-order valence-corrected chi connectivity index (χ4v) is 3.74. The average Bonchev–Trinajstić information content (AvgIpc) is 2.77. The van der Waals surface area contributed by atoms with Crippen LogP contribution in [-0.4, -0.2) is 0 Å². The second-order valence-corrected chi connectivity index (χ2v) is 7.83. The van der Waals surface area contributed by atoms with Gasteiger partial charge in [0.25, 0.3) is 0 Å². The zero-order valence-electron chi connectivity index (χ0n) is 17.9. The summed E-state index contributed by atoms with van der Waals surface area (Å²) in [5.74, 6) is 0. The number of benzene rings is 4. The maximum absolute atomic E-state index is 3.84. The number of hydrogen-bond donors (Lipinski definition) is 0. The Labute approximate surface area is 179 Å². The number of rotatable bonds is 5. The lowest BCUT2D eigenvalue weighted by molar-refractivity contribution is 1.26. The van der Waals surface area contributed by atoms with Gasteiger partial charge in [0, 0.05) is 17.1 Å². The second kappa shape index (κ2) is 8.42. The highest BCUT2D eigenvalue weighted by Crippen LogP contribution is 2.37. The molecule has 4 aromatic rings. The van der Waals surface area contributed by atoms with Crippen molar-refractivity contribution >= 4 is 23.1 Å². The maximum Gasteiger partial charge on any atom is 0.0464 e. The van der Waals surface area contributed by atoms with E-state index in [0.29, 0.717) is 0 Å². The molecule has 0 saturated heterocycles. The van der Waals surface area contributed by atoms with Gasteiger partial charge in [0.05, 0.1) is 0 Å². The highest BCUT2D eigenvalue weighted by Gasteiger charge is 2.14. The van der Waals surface area contributed by atoms with E-state index >= 15 is 0 Å². The van der Waals surface area contributed by atoms with Gasteiger partial charge in [0.1, 0.15) is 0 Å². The lowest BCUT2D eigenvalue weighted by Crippen LogP contribution is -2.10. The summed E-state index contributed by atoms with van der Waals surface area (Å²) in [5, 5.41) is 0. The Morgan fingerprint density at radius 1 is 0.600 bits per heavy atom. The number of aryl methyl sites for hydroxylation is 3. The lowest BCUT2D eigenvalue weighted by Gasteiger charge is -2.26. The molecule has 1 heteroatoms. The fraction of sp³-hybridized carbons (Fsp3) is 0.103. The molecule has 0 amide bonds. The molecule has 0 aliphatic heterocycles. The summed E-state index contributed by atoms with van der Waals surface area (Å²) in [6.07, 6.45) is 1.88. The first-order chi connectivity index (χ1) is 14.5. The number of hydrogen-bond acceptors (Lipinski definition) is 1. The van der Waals surface area contributed by atoms with E-state index in [2.05, 4.69) is 123 Å². The molecule has 30 heavy (non-hydrogen) atoms. The van der Waals surface area contributed by atoms with E-state index in [0.717, 1.165) is 22.6 Å². The van der Waals surface area contributed by atoms with Gasteiger partial charge in [0.2, 0.25) is 0 Å². The van der Waals surface area contributed by atoms with E-state index in [9.17, 15) is 0 Å². The van der Waals surface area contributed by atoms with Gasteiger partial charge in [-0.3, -0.25) is 0 Å². The van der Waals surface area contributed by atoms with Crippen LogP contribution in [0.15, 0.2) is 97.6 Å². The highest BCUT2D eigenvalue weighted by molar-refractivity contribution is 5.80. The third kappa shape index (κ3) is 4.06. The Hall–Kier alpha value is -3.58. The van der Waals surface area contributed by atoms with Crippen molar-refractivity contribution in [3.8, 4) is 11.1 Å². The molecule has 4 aromatic carbocycles. The molecule has 0 fully saturated rings. The zero-order chi connectivity index (χ0) is 21.1. The Kier molecular flexibility index (Phi) is 5.54. The Morgan fingerprint density at radius 3 is 1.57 bits per heavy atom. The molecule has 4 rings (SSSR count). The van der Waals surface area contributed by atoms with Crippen molar-refractivity contribution < 1.29 is 0 Å². The molecule has 0 radical (unpaired) electrons. The normalized spacial score (nSPS) is 10.6. The fourth-order valence-electron chi connectivity index (χ4n) is 3.74. The van der Waals surface area contributed by atoms with Gasteiger partial charge in [0.15, 0.2) is 0 Å². The van der Waals surface area contributed by atoms with E-state index in [1.807, 2.05) is 6.08 Å².